The van der Waals surface area contributed by atoms with E-state index < -0.39 is 0 Å². The van der Waals surface area contributed by atoms with Gasteiger partial charge in [-0.2, -0.15) is 0 Å². The third-order valence-electron chi connectivity index (χ3n) is 5.23. The Balaban J connectivity index is 1.59. The number of hydrogen-bond donors (Lipinski definition) is 0. The van der Waals surface area contributed by atoms with E-state index in [1.807, 2.05) is 25.1 Å². The average molecular weight is 443 g/mol. The quantitative estimate of drug-likeness (QED) is 0.626. The van der Waals surface area contributed by atoms with E-state index in [2.05, 4.69) is 0 Å². The van der Waals surface area contributed by atoms with E-state index in [1.54, 1.807) is 48.3 Å². The van der Waals surface area contributed by atoms with E-state index in [0.29, 0.717) is 67.8 Å². The van der Waals surface area contributed by atoms with Crippen LogP contribution in [0.2, 0.25) is 0 Å². The molecule has 8 heteroatoms. The first-order valence-electron chi connectivity index (χ1n) is 10.7. The van der Waals surface area contributed by atoms with Gasteiger partial charge in [0.2, 0.25) is 0 Å². The Hall–Kier alpha value is -3.42. The summed E-state index contributed by atoms with van der Waals surface area (Å²) in [6, 6.07) is 12.4. The summed E-state index contributed by atoms with van der Waals surface area (Å²) in [5, 5.41) is 0. The van der Waals surface area contributed by atoms with Crippen LogP contribution in [0.15, 0.2) is 42.5 Å². The van der Waals surface area contributed by atoms with Gasteiger partial charge in [0, 0.05) is 37.8 Å². The van der Waals surface area contributed by atoms with Gasteiger partial charge in [-0.25, -0.2) is 0 Å². The second kappa shape index (κ2) is 11.3. The highest BCUT2D eigenvalue weighted by molar-refractivity contribution is 5.95. The summed E-state index contributed by atoms with van der Waals surface area (Å²) in [4.78, 5) is 29.3. The molecule has 0 spiro atoms. The van der Waals surface area contributed by atoms with E-state index in [4.69, 9.17) is 18.9 Å². The van der Waals surface area contributed by atoms with Gasteiger partial charge in [-0.1, -0.05) is 12.1 Å². The van der Waals surface area contributed by atoms with Crippen LogP contribution in [0.4, 0.5) is 0 Å². The maximum atomic E-state index is 13.0. The van der Waals surface area contributed by atoms with Gasteiger partial charge in [-0.05, 0) is 37.6 Å². The Bertz CT molecular complexity index is 910. The number of rotatable bonds is 8. The molecular weight excluding hydrogens is 412 g/mol. The van der Waals surface area contributed by atoms with Crippen molar-refractivity contribution in [3.63, 3.8) is 0 Å². The fourth-order valence-corrected chi connectivity index (χ4v) is 3.56. The van der Waals surface area contributed by atoms with Gasteiger partial charge >= 0.3 is 0 Å². The molecular formula is C24H30N2O6. The number of para-hydroxylation sites is 2. The van der Waals surface area contributed by atoms with Gasteiger partial charge in [-0.3, -0.25) is 9.59 Å². The van der Waals surface area contributed by atoms with Crippen LogP contribution in [0.25, 0.3) is 0 Å². The molecule has 1 aliphatic rings. The molecule has 3 rings (SSSR count). The fourth-order valence-electron chi connectivity index (χ4n) is 3.56. The third-order valence-corrected chi connectivity index (χ3v) is 5.23. The minimum atomic E-state index is -0.117. The molecule has 2 aromatic carbocycles. The lowest BCUT2D eigenvalue weighted by molar-refractivity contribution is -0.133. The van der Waals surface area contributed by atoms with Gasteiger partial charge in [0.1, 0.15) is 11.5 Å². The normalized spacial score (nSPS) is 13.8. The van der Waals surface area contributed by atoms with Crippen molar-refractivity contribution in [1.29, 1.82) is 0 Å². The lowest BCUT2D eigenvalue weighted by Crippen LogP contribution is -2.39. The maximum absolute atomic E-state index is 13.0. The van der Waals surface area contributed by atoms with Crippen molar-refractivity contribution in [2.45, 2.75) is 13.3 Å². The summed E-state index contributed by atoms with van der Waals surface area (Å²) in [5.41, 5.74) is 0.497. The summed E-state index contributed by atoms with van der Waals surface area (Å²) >= 11 is 0. The predicted octanol–water partition coefficient (Wildman–Crippen LogP) is 2.86. The standard InChI is InChI=1S/C24H30N2O6/c1-4-31-21-8-5-6-9-22(21)32-17-23(27)25-10-7-11-26(13-12-25)24(28)18-14-19(29-2)16-20(15-18)30-3/h5-6,8-9,14-16H,4,7,10-13,17H2,1-3H3. The van der Waals surface area contributed by atoms with Gasteiger partial charge in [0.15, 0.2) is 18.1 Å². The summed E-state index contributed by atoms with van der Waals surface area (Å²) in [7, 11) is 3.10. The van der Waals surface area contributed by atoms with Crippen LogP contribution in [0.5, 0.6) is 23.0 Å². The van der Waals surface area contributed by atoms with Crippen LogP contribution in [0, 0.1) is 0 Å². The number of carbonyl (C=O) groups is 2. The zero-order valence-corrected chi connectivity index (χ0v) is 18.8. The lowest BCUT2D eigenvalue weighted by atomic mass is 10.1. The molecule has 1 saturated heterocycles. The van der Waals surface area contributed by atoms with Crippen LogP contribution in [-0.2, 0) is 4.79 Å². The highest BCUT2D eigenvalue weighted by Crippen LogP contribution is 2.26. The Labute approximate surface area is 188 Å². The van der Waals surface area contributed by atoms with Crippen LogP contribution < -0.4 is 18.9 Å². The molecule has 0 bridgehead atoms. The van der Waals surface area contributed by atoms with Gasteiger partial charge in [0.05, 0.1) is 20.8 Å². The summed E-state index contributed by atoms with van der Waals surface area (Å²) in [5.74, 6) is 2.05. The van der Waals surface area contributed by atoms with Crippen molar-refractivity contribution < 1.29 is 28.5 Å². The molecule has 2 amide bonds. The second-order valence-corrected chi connectivity index (χ2v) is 7.30. The number of methoxy groups -OCH3 is 2. The molecule has 1 fully saturated rings. The zero-order chi connectivity index (χ0) is 22.9. The highest BCUT2D eigenvalue weighted by Gasteiger charge is 2.24. The first-order valence-corrected chi connectivity index (χ1v) is 10.7. The molecule has 0 atom stereocenters. The van der Waals surface area contributed by atoms with Crippen molar-refractivity contribution in [2.75, 3.05) is 53.6 Å². The molecule has 0 N–H and O–H groups in total. The zero-order valence-electron chi connectivity index (χ0n) is 18.8. The molecule has 1 aliphatic heterocycles. The largest absolute Gasteiger partial charge is 0.497 e. The molecule has 2 aromatic rings. The van der Waals surface area contributed by atoms with Gasteiger partial charge < -0.3 is 28.7 Å². The predicted molar refractivity (Wildman–Crippen MR) is 120 cm³/mol. The van der Waals surface area contributed by atoms with Crippen LogP contribution in [0.3, 0.4) is 0 Å². The Morgan fingerprint density at radius 3 is 2.06 bits per heavy atom. The van der Waals surface area contributed by atoms with E-state index in [9.17, 15) is 9.59 Å². The van der Waals surface area contributed by atoms with E-state index >= 15 is 0 Å². The Kier molecular flexibility index (Phi) is 8.19. The van der Waals surface area contributed by atoms with Crippen LogP contribution in [-0.4, -0.2) is 75.2 Å². The number of carbonyl (C=O) groups excluding carboxylic acids is 2. The third kappa shape index (κ3) is 5.84. The summed E-state index contributed by atoms with van der Waals surface area (Å²) in [6.45, 7) is 4.36. The topological polar surface area (TPSA) is 77.5 Å². The van der Waals surface area contributed by atoms with E-state index in [0.717, 1.165) is 0 Å². The number of nitrogens with zero attached hydrogens (tertiary/aromatic N) is 2. The highest BCUT2D eigenvalue weighted by atomic mass is 16.5. The Morgan fingerprint density at radius 1 is 0.844 bits per heavy atom. The van der Waals surface area contributed by atoms with E-state index in [-0.39, 0.29) is 18.4 Å². The van der Waals surface area contributed by atoms with Crippen molar-refractivity contribution in [1.82, 2.24) is 9.80 Å². The van der Waals surface area contributed by atoms with Gasteiger partial charge in [-0.15, -0.1) is 0 Å². The number of ether oxygens (including phenoxy) is 4. The SMILES string of the molecule is CCOc1ccccc1OCC(=O)N1CCCN(C(=O)c2cc(OC)cc(OC)c2)CC1. The number of hydrogen-bond acceptors (Lipinski definition) is 6. The minimum absolute atomic E-state index is 0.0783. The maximum Gasteiger partial charge on any atom is 0.260 e. The fraction of sp³-hybridized carbons (Fsp3) is 0.417. The number of benzene rings is 2. The molecule has 8 nitrogen and oxygen atoms in total. The second-order valence-electron chi connectivity index (χ2n) is 7.30. The molecule has 0 unspecified atom stereocenters. The Morgan fingerprint density at radius 2 is 1.44 bits per heavy atom. The first-order chi connectivity index (χ1) is 15.5. The van der Waals surface area contributed by atoms with Crippen molar-refractivity contribution in [3.8, 4) is 23.0 Å². The van der Waals surface area contributed by atoms with Crippen LogP contribution >= 0.6 is 0 Å². The van der Waals surface area contributed by atoms with Crippen molar-refractivity contribution >= 4 is 11.8 Å². The van der Waals surface area contributed by atoms with Crippen molar-refractivity contribution in [3.05, 3.63) is 48.0 Å². The summed E-state index contributed by atoms with van der Waals surface area (Å²) in [6.07, 6.45) is 0.689. The average Bonchev–Trinajstić information content (AvgIpc) is 3.09. The smallest absolute Gasteiger partial charge is 0.260 e. The lowest BCUT2D eigenvalue weighted by Gasteiger charge is -2.23. The number of amides is 2. The monoisotopic (exact) mass is 442 g/mol. The molecule has 172 valence electrons. The summed E-state index contributed by atoms with van der Waals surface area (Å²) < 4.78 is 21.8. The molecule has 0 aromatic heterocycles. The van der Waals surface area contributed by atoms with Crippen molar-refractivity contribution in [2.24, 2.45) is 0 Å². The molecule has 0 radical (unpaired) electrons. The first kappa shape index (κ1) is 23.2. The molecule has 0 aliphatic carbocycles. The minimum Gasteiger partial charge on any atom is -0.497 e. The van der Waals surface area contributed by atoms with Gasteiger partial charge in [0.25, 0.3) is 11.8 Å². The molecule has 32 heavy (non-hydrogen) atoms. The van der Waals surface area contributed by atoms with Crippen LogP contribution in [0.1, 0.15) is 23.7 Å². The van der Waals surface area contributed by atoms with E-state index in [1.165, 1.54) is 0 Å². The molecule has 0 saturated carbocycles. The molecule has 1 heterocycles.